The predicted molar refractivity (Wildman–Crippen MR) is 93.7 cm³/mol. The quantitative estimate of drug-likeness (QED) is 0.730. The van der Waals surface area contributed by atoms with Crippen LogP contribution in [0.5, 0.6) is 0 Å². The Morgan fingerprint density at radius 3 is 2.88 bits per heavy atom. The maximum Gasteiger partial charge on any atom is 0.223 e. The third kappa shape index (κ3) is 2.79. The number of imidazole rings is 1. The molecular formula is C18H22N6O. The lowest BCUT2D eigenvalue weighted by molar-refractivity contribution is -0.132. The average molecular weight is 338 g/mol. The molecule has 0 N–H and O–H groups in total. The van der Waals surface area contributed by atoms with Gasteiger partial charge in [-0.1, -0.05) is 12.1 Å². The van der Waals surface area contributed by atoms with Crippen LogP contribution in [-0.2, 0) is 25.3 Å². The van der Waals surface area contributed by atoms with Gasteiger partial charge in [-0.05, 0) is 25.0 Å². The largest absolute Gasteiger partial charge is 0.332 e. The number of carbonyl (C=O) groups excluding carboxylic acids is 1. The van der Waals surface area contributed by atoms with E-state index in [9.17, 15) is 4.79 Å². The molecule has 1 aliphatic rings. The Hall–Kier alpha value is -2.70. The molecule has 1 aliphatic heterocycles. The Morgan fingerprint density at radius 2 is 2.12 bits per heavy atom. The van der Waals surface area contributed by atoms with Crippen molar-refractivity contribution in [2.45, 2.75) is 31.7 Å². The Balaban J connectivity index is 1.54. The molecule has 3 aromatic rings. The van der Waals surface area contributed by atoms with Gasteiger partial charge in [-0.15, -0.1) is 10.2 Å². The summed E-state index contributed by atoms with van der Waals surface area (Å²) in [5.74, 6) is 1.98. The zero-order valence-electron chi connectivity index (χ0n) is 14.6. The molecule has 3 heterocycles. The molecule has 1 atom stereocenters. The lowest BCUT2D eigenvalue weighted by Gasteiger charge is -2.24. The minimum Gasteiger partial charge on any atom is -0.332 e. The second-order valence-electron chi connectivity index (χ2n) is 6.62. The number of fused-ring (bicyclic) bond motifs is 1. The van der Waals surface area contributed by atoms with Crippen LogP contribution in [0, 0.1) is 0 Å². The highest BCUT2D eigenvalue weighted by atomic mass is 16.2. The van der Waals surface area contributed by atoms with Crippen molar-refractivity contribution >= 4 is 16.9 Å². The van der Waals surface area contributed by atoms with Crippen molar-refractivity contribution in [1.29, 1.82) is 0 Å². The summed E-state index contributed by atoms with van der Waals surface area (Å²) < 4.78 is 3.98. The molecule has 0 spiro atoms. The Kier molecular flexibility index (Phi) is 3.99. The number of likely N-dealkylation sites (tertiary alicyclic amines) is 1. The molecule has 1 unspecified atom stereocenters. The van der Waals surface area contributed by atoms with Gasteiger partial charge in [0, 0.05) is 33.5 Å². The SMILES string of the molecule is Cn1cnnc1CCC(=O)N1CCCC1c1nc2ccccc2n1C. The van der Waals surface area contributed by atoms with Crippen LogP contribution in [0.2, 0.25) is 0 Å². The smallest absolute Gasteiger partial charge is 0.223 e. The summed E-state index contributed by atoms with van der Waals surface area (Å²) in [5.41, 5.74) is 2.09. The van der Waals surface area contributed by atoms with Crippen LogP contribution in [0.1, 0.15) is 37.0 Å². The molecule has 1 amide bonds. The van der Waals surface area contributed by atoms with Crippen molar-refractivity contribution in [3.63, 3.8) is 0 Å². The van der Waals surface area contributed by atoms with Crippen molar-refractivity contribution in [2.75, 3.05) is 6.54 Å². The first kappa shape index (κ1) is 15.8. The van der Waals surface area contributed by atoms with Crippen molar-refractivity contribution < 1.29 is 4.79 Å². The predicted octanol–water partition coefficient (Wildman–Crippen LogP) is 2.00. The van der Waals surface area contributed by atoms with Crippen LogP contribution in [-0.4, -0.2) is 41.7 Å². The highest BCUT2D eigenvalue weighted by Crippen LogP contribution is 2.33. The van der Waals surface area contributed by atoms with Crippen LogP contribution in [0.25, 0.3) is 11.0 Å². The number of hydrogen-bond acceptors (Lipinski definition) is 4. The van der Waals surface area contributed by atoms with E-state index in [0.29, 0.717) is 12.8 Å². The molecule has 1 saturated heterocycles. The fraction of sp³-hybridized carbons (Fsp3) is 0.444. The van der Waals surface area contributed by atoms with E-state index < -0.39 is 0 Å². The molecular weight excluding hydrogens is 316 g/mol. The summed E-state index contributed by atoms with van der Waals surface area (Å²) in [6.07, 6.45) is 4.71. The summed E-state index contributed by atoms with van der Waals surface area (Å²) in [6.45, 7) is 0.797. The molecule has 25 heavy (non-hydrogen) atoms. The van der Waals surface area contributed by atoms with Crippen molar-refractivity contribution in [1.82, 2.24) is 29.2 Å². The molecule has 7 nitrogen and oxygen atoms in total. The van der Waals surface area contributed by atoms with Crippen molar-refractivity contribution in [3.05, 3.63) is 42.2 Å². The van der Waals surface area contributed by atoms with Crippen LogP contribution in [0.4, 0.5) is 0 Å². The average Bonchev–Trinajstić information content (AvgIpc) is 3.32. The van der Waals surface area contributed by atoms with E-state index in [1.807, 2.05) is 41.8 Å². The fourth-order valence-corrected chi connectivity index (χ4v) is 3.69. The first-order chi connectivity index (χ1) is 12.1. The molecule has 0 aliphatic carbocycles. The van der Waals surface area contributed by atoms with E-state index in [2.05, 4.69) is 20.8 Å². The summed E-state index contributed by atoms with van der Waals surface area (Å²) in [4.78, 5) is 19.6. The third-order valence-corrected chi connectivity index (χ3v) is 5.06. The normalized spacial score (nSPS) is 17.5. The zero-order valence-corrected chi connectivity index (χ0v) is 14.6. The van der Waals surface area contributed by atoms with Gasteiger partial charge in [0.2, 0.25) is 5.91 Å². The Bertz CT molecular complexity index is 911. The maximum absolute atomic E-state index is 12.8. The minimum absolute atomic E-state index is 0.0596. The Morgan fingerprint density at radius 1 is 1.28 bits per heavy atom. The van der Waals surface area contributed by atoms with Gasteiger partial charge in [-0.3, -0.25) is 4.79 Å². The van der Waals surface area contributed by atoms with Gasteiger partial charge in [0.25, 0.3) is 0 Å². The number of nitrogens with zero attached hydrogens (tertiary/aromatic N) is 6. The molecule has 1 fully saturated rings. The summed E-state index contributed by atoms with van der Waals surface area (Å²) in [5, 5.41) is 7.93. The molecule has 0 radical (unpaired) electrons. The van der Waals surface area contributed by atoms with Gasteiger partial charge in [0.1, 0.15) is 18.0 Å². The van der Waals surface area contributed by atoms with Crippen LogP contribution >= 0.6 is 0 Å². The van der Waals surface area contributed by atoms with Gasteiger partial charge >= 0.3 is 0 Å². The number of hydrogen-bond donors (Lipinski definition) is 0. The molecule has 2 aromatic heterocycles. The molecule has 4 rings (SSSR count). The summed E-state index contributed by atoms with van der Waals surface area (Å²) >= 11 is 0. The van der Waals surface area contributed by atoms with E-state index in [-0.39, 0.29) is 11.9 Å². The number of para-hydroxylation sites is 2. The first-order valence-electron chi connectivity index (χ1n) is 8.69. The summed E-state index contributed by atoms with van der Waals surface area (Å²) in [6, 6.07) is 8.17. The van der Waals surface area contributed by atoms with Gasteiger partial charge < -0.3 is 14.0 Å². The molecule has 0 saturated carbocycles. The van der Waals surface area contributed by atoms with Crippen molar-refractivity contribution in [2.24, 2.45) is 14.1 Å². The minimum atomic E-state index is 0.0596. The van der Waals surface area contributed by atoms with Crippen LogP contribution < -0.4 is 0 Å². The van der Waals surface area contributed by atoms with Gasteiger partial charge in [-0.25, -0.2) is 4.98 Å². The molecule has 7 heteroatoms. The van der Waals surface area contributed by atoms with Gasteiger partial charge in [0.05, 0.1) is 17.1 Å². The number of aryl methyl sites for hydroxylation is 3. The second-order valence-corrected chi connectivity index (χ2v) is 6.62. The van der Waals surface area contributed by atoms with E-state index in [1.165, 1.54) is 0 Å². The van der Waals surface area contributed by atoms with Crippen LogP contribution in [0.15, 0.2) is 30.6 Å². The Labute approximate surface area is 146 Å². The molecule has 1 aromatic carbocycles. The van der Waals surface area contributed by atoms with E-state index >= 15 is 0 Å². The fourth-order valence-electron chi connectivity index (χ4n) is 3.69. The number of carbonyl (C=O) groups is 1. The molecule has 0 bridgehead atoms. The number of aromatic nitrogens is 5. The van der Waals surface area contributed by atoms with E-state index in [1.54, 1.807) is 6.33 Å². The third-order valence-electron chi connectivity index (χ3n) is 5.06. The number of amides is 1. The van der Waals surface area contributed by atoms with Gasteiger partial charge in [0.15, 0.2) is 0 Å². The maximum atomic E-state index is 12.8. The van der Waals surface area contributed by atoms with Crippen LogP contribution in [0.3, 0.4) is 0 Å². The standard InChI is InChI=1S/C18H22N6O/c1-22-12-19-21-16(22)9-10-17(25)24-11-5-8-15(24)18-20-13-6-3-4-7-14(13)23(18)2/h3-4,6-7,12,15H,5,8-11H2,1-2H3. The van der Waals surface area contributed by atoms with Gasteiger partial charge in [-0.2, -0.15) is 0 Å². The topological polar surface area (TPSA) is 68.8 Å². The van der Waals surface area contributed by atoms with E-state index in [0.717, 1.165) is 42.1 Å². The zero-order chi connectivity index (χ0) is 17.4. The number of rotatable bonds is 4. The van der Waals surface area contributed by atoms with Crippen molar-refractivity contribution in [3.8, 4) is 0 Å². The lowest BCUT2D eigenvalue weighted by Crippen LogP contribution is -2.32. The number of benzene rings is 1. The monoisotopic (exact) mass is 338 g/mol. The highest BCUT2D eigenvalue weighted by molar-refractivity contribution is 5.78. The first-order valence-corrected chi connectivity index (χ1v) is 8.69. The highest BCUT2D eigenvalue weighted by Gasteiger charge is 2.33. The molecule has 130 valence electrons. The second kappa shape index (κ2) is 6.31. The van der Waals surface area contributed by atoms with E-state index in [4.69, 9.17) is 4.98 Å². The lowest BCUT2D eigenvalue weighted by atomic mass is 10.2. The summed E-state index contributed by atoms with van der Waals surface area (Å²) in [7, 11) is 3.93.